The minimum atomic E-state index is -0.131. The average Bonchev–Trinajstić information content (AvgIpc) is 2.53. The molecule has 0 saturated carbocycles. The number of hydrogen-bond donors (Lipinski definition) is 0. The van der Waals surface area contributed by atoms with Gasteiger partial charge in [0, 0.05) is 24.0 Å². The van der Waals surface area contributed by atoms with E-state index in [1.165, 1.54) is 0 Å². The Labute approximate surface area is 76.2 Å². The van der Waals surface area contributed by atoms with Crippen LogP contribution in [0.3, 0.4) is 0 Å². The molecule has 1 aromatic rings. The Balaban J connectivity index is 2.82. The molecule has 0 unspecified atom stereocenters. The van der Waals surface area contributed by atoms with E-state index >= 15 is 0 Å². The lowest BCUT2D eigenvalue weighted by Crippen LogP contribution is -2.15. The molecular formula is C10H10N2O. The van der Waals surface area contributed by atoms with Crippen LogP contribution in [0.4, 0.5) is 0 Å². The number of nitrogens with zero attached hydrogens (tertiary/aromatic N) is 2. The number of rotatable bonds is 0. The van der Waals surface area contributed by atoms with E-state index in [1.54, 1.807) is 6.07 Å². The van der Waals surface area contributed by atoms with Crippen molar-refractivity contribution in [3.8, 4) is 6.07 Å². The van der Waals surface area contributed by atoms with Crippen molar-refractivity contribution in [3.05, 3.63) is 33.2 Å². The maximum absolute atomic E-state index is 11.4. The second-order valence-corrected chi connectivity index (χ2v) is 3.34. The molecule has 0 fully saturated rings. The van der Waals surface area contributed by atoms with Crippen LogP contribution in [0.15, 0.2) is 10.9 Å². The first-order valence-corrected chi connectivity index (χ1v) is 4.37. The quantitative estimate of drug-likeness (QED) is 0.588. The van der Waals surface area contributed by atoms with Crippen molar-refractivity contribution >= 4 is 0 Å². The molecule has 0 amide bonds. The average molecular weight is 174 g/mol. The number of aromatic nitrogens is 1. The Kier molecular flexibility index (Phi) is 1.70. The highest BCUT2D eigenvalue weighted by Gasteiger charge is 2.17. The van der Waals surface area contributed by atoms with Crippen LogP contribution in [0.2, 0.25) is 0 Å². The van der Waals surface area contributed by atoms with E-state index in [-0.39, 0.29) is 5.43 Å². The van der Waals surface area contributed by atoms with Crippen molar-refractivity contribution < 1.29 is 0 Å². The number of aryl methyl sites for hydroxylation is 1. The topological polar surface area (TPSA) is 45.8 Å². The Morgan fingerprint density at radius 1 is 1.62 bits per heavy atom. The van der Waals surface area contributed by atoms with E-state index in [0.717, 1.165) is 30.8 Å². The summed E-state index contributed by atoms with van der Waals surface area (Å²) in [6, 6.07) is 3.54. The van der Waals surface area contributed by atoms with E-state index in [0.29, 0.717) is 5.56 Å². The lowest BCUT2D eigenvalue weighted by atomic mass is 10.1. The summed E-state index contributed by atoms with van der Waals surface area (Å²) in [4.78, 5) is 11.4. The summed E-state index contributed by atoms with van der Waals surface area (Å²) in [5.41, 5.74) is 2.10. The molecule has 0 aromatic carbocycles. The van der Waals surface area contributed by atoms with Crippen LogP contribution in [0.1, 0.15) is 23.4 Å². The van der Waals surface area contributed by atoms with Crippen molar-refractivity contribution in [2.75, 3.05) is 0 Å². The van der Waals surface area contributed by atoms with Gasteiger partial charge in [-0.2, -0.15) is 5.26 Å². The zero-order valence-electron chi connectivity index (χ0n) is 7.50. The van der Waals surface area contributed by atoms with Gasteiger partial charge in [-0.1, -0.05) is 0 Å². The Morgan fingerprint density at radius 3 is 3.08 bits per heavy atom. The van der Waals surface area contributed by atoms with Crippen LogP contribution in [-0.4, -0.2) is 4.57 Å². The number of fused-ring (bicyclic) bond motifs is 1. The van der Waals surface area contributed by atoms with Crippen LogP contribution in [0, 0.1) is 18.3 Å². The van der Waals surface area contributed by atoms with Gasteiger partial charge in [0.15, 0.2) is 5.43 Å². The third-order valence-electron chi connectivity index (χ3n) is 2.53. The number of pyridine rings is 1. The predicted octanol–water partition coefficient (Wildman–Crippen LogP) is 0.975. The Bertz CT molecular complexity index is 451. The van der Waals surface area contributed by atoms with Crippen molar-refractivity contribution in [2.45, 2.75) is 26.3 Å². The van der Waals surface area contributed by atoms with E-state index in [9.17, 15) is 4.79 Å². The summed E-state index contributed by atoms with van der Waals surface area (Å²) < 4.78 is 2.07. The highest BCUT2D eigenvalue weighted by atomic mass is 16.1. The SMILES string of the molecule is Cc1cc(=O)c(C#N)c2n1CCC2. The van der Waals surface area contributed by atoms with Gasteiger partial charge in [-0.05, 0) is 19.8 Å². The fraction of sp³-hybridized carbons (Fsp3) is 0.400. The lowest BCUT2D eigenvalue weighted by molar-refractivity contribution is 0.719. The summed E-state index contributed by atoms with van der Waals surface area (Å²) in [7, 11) is 0. The molecule has 3 heteroatoms. The highest BCUT2D eigenvalue weighted by molar-refractivity contribution is 5.36. The fourth-order valence-electron chi connectivity index (χ4n) is 1.93. The second kappa shape index (κ2) is 2.74. The van der Waals surface area contributed by atoms with Gasteiger partial charge >= 0.3 is 0 Å². The molecule has 0 N–H and O–H groups in total. The van der Waals surface area contributed by atoms with E-state index in [1.807, 2.05) is 13.0 Å². The summed E-state index contributed by atoms with van der Waals surface area (Å²) >= 11 is 0. The van der Waals surface area contributed by atoms with Gasteiger partial charge in [0.25, 0.3) is 0 Å². The van der Waals surface area contributed by atoms with Gasteiger partial charge in [0.05, 0.1) is 0 Å². The molecule has 2 rings (SSSR count). The largest absolute Gasteiger partial charge is 0.347 e. The molecule has 0 spiro atoms. The smallest absolute Gasteiger partial charge is 0.199 e. The molecule has 2 heterocycles. The van der Waals surface area contributed by atoms with Crippen molar-refractivity contribution in [3.63, 3.8) is 0 Å². The minimum Gasteiger partial charge on any atom is -0.347 e. The molecule has 13 heavy (non-hydrogen) atoms. The normalized spacial score (nSPS) is 13.8. The molecule has 0 aliphatic carbocycles. The standard InChI is InChI=1S/C10H10N2O/c1-7-5-10(13)8(6-11)9-3-2-4-12(7)9/h5H,2-4H2,1H3. The first-order valence-electron chi connectivity index (χ1n) is 4.37. The Morgan fingerprint density at radius 2 is 2.38 bits per heavy atom. The van der Waals surface area contributed by atoms with Gasteiger partial charge in [-0.25, -0.2) is 0 Å². The third kappa shape index (κ3) is 1.06. The van der Waals surface area contributed by atoms with Crippen molar-refractivity contribution in [2.24, 2.45) is 0 Å². The minimum absolute atomic E-state index is 0.131. The van der Waals surface area contributed by atoms with Crippen LogP contribution < -0.4 is 5.43 Å². The summed E-state index contributed by atoms with van der Waals surface area (Å²) in [6.45, 7) is 2.85. The van der Waals surface area contributed by atoms with Gasteiger partial charge in [0.1, 0.15) is 11.6 Å². The van der Waals surface area contributed by atoms with Crippen LogP contribution in [0.25, 0.3) is 0 Å². The second-order valence-electron chi connectivity index (χ2n) is 3.34. The van der Waals surface area contributed by atoms with E-state index in [4.69, 9.17) is 5.26 Å². The van der Waals surface area contributed by atoms with Gasteiger partial charge in [-0.3, -0.25) is 4.79 Å². The van der Waals surface area contributed by atoms with Gasteiger partial charge in [0.2, 0.25) is 0 Å². The zero-order chi connectivity index (χ0) is 9.42. The maximum atomic E-state index is 11.4. The highest BCUT2D eigenvalue weighted by Crippen LogP contribution is 2.17. The molecule has 1 aromatic heterocycles. The summed E-state index contributed by atoms with van der Waals surface area (Å²) in [5.74, 6) is 0. The molecular weight excluding hydrogens is 164 g/mol. The molecule has 3 nitrogen and oxygen atoms in total. The molecule has 66 valence electrons. The lowest BCUT2D eigenvalue weighted by Gasteiger charge is -2.08. The summed E-state index contributed by atoms with van der Waals surface area (Å²) in [5, 5.41) is 8.81. The molecule has 0 saturated heterocycles. The molecule has 0 bridgehead atoms. The van der Waals surface area contributed by atoms with Crippen molar-refractivity contribution in [1.82, 2.24) is 4.57 Å². The first kappa shape index (κ1) is 8.06. The Hall–Kier alpha value is -1.56. The van der Waals surface area contributed by atoms with Crippen LogP contribution >= 0.6 is 0 Å². The fourth-order valence-corrected chi connectivity index (χ4v) is 1.93. The van der Waals surface area contributed by atoms with Gasteiger partial charge in [-0.15, -0.1) is 0 Å². The summed E-state index contributed by atoms with van der Waals surface area (Å²) in [6.07, 6.45) is 1.90. The molecule has 0 radical (unpaired) electrons. The first-order chi connectivity index (χ1) is 6.24. The third-order valence-corrected chi connectivity index (χ3v) is 2.53. The van der Waals surface area contributed by atoms with Gasteiger partial charge < -0.3 is 4.57 Å². The predicted molar refractivity (Wildman–Crippen MR) is 48.5 cm³/mol. The molecule has 1 aliphatic rings. The molecule has 1 aliphatic heterocycles. The van der Waals surface area contributed by atoms with E-state index < -0.39 is 0 Å². The number of nitriles is 1. The van der Waals surface area contributed by atoms with E-state index in [2.05, 4.69) is 4.57 Å². The molecule has 0 atom stereocenters. The maximum Gasteiger partial charge on any atom is 0.199 e. The zero-order valence-corrected chi connectivity index (χ0v) is 7.50. The van der Waals surface area contributed by atoms with Crippen molar-refractivity contribution in [1.29, 1.82) is 5.26 Å². The number of hydrogen-bond acceptors (Lipinski definition) is 2. The van der Waals surface area contributed by atoms with Crippen LogP contribution in [-0.2, 0) is 13.0 Å². The monoisotopic (exact) mass is 174 g/mol. The van der Waals surface area contributed by atoms with Crippen LogP contribution in [0.5, 0.6) is 0 Å².